The molecule has 0 saturated heterocycles. The number of amides is 2. The number of carbonyl (C=O) groups excluding carboxylic acids is 2. The molecule has 0 spiro atoms. The monoisotopic (exact) mass is 446 g/mol. The molecule has 3 rings (SSSR count). The van der Waals surface area contributed by atoms with Crippen molar-refractivity contribution in [2.75, 3.05) is 22.1 Å². The van der Waals surface area contributed by atoms with Crippen molar-refractivity contribution in [2.24, 2.45) is 5.92 Å². The number of carbonyl (C=O) groups is 2. The number of thioether (sulfide) groups is 1. The second kappa shape index (κ2) is 9.22. The number of anilines is 2. The molecule has 0 radical (unpaired) electrons. The van der Waals surface area contributed by atoms with Crippen LogP contribution in [0.4, 0.5) is 11.4 Å². The number of sulfone groups is 1. The van der Waals surface area contributed by atoms with Gasteiger partial charge in [-0.25, -0.2) is 8.42 Å². The molecule has 0 fully saturated rings. The lowest BCUT2D eigenvalue weighted by atomic mass is 10.0. The molecule has 2 aromatic rings. The molecule has 1 aliphatic heterocycles. The highest BCUT2D eigenvalue weighted by atomic mass is 32.2. The van der Waals surface area contributed by atoms with Crippen LogP contribution in [-0.2, 0) is 19.4 Å². The first kappa shape index (κ1) is 22.4. The Morgan fingerprint density at radius 3 is 2.57 bits per heavy atom. The molecule has 0 saturated carbocycles. The Balaban J connectivity index is 1.64. The van der Waals surface area contributed by atoms with Crippen LogP contribution in [-0.4, -0.2) is 31.7 Å². The summed E-state index contributed by atoms with van der Waals surface area (Å²) in [6, 6.07) is 12.2. The Kier molecular flexibility index (Phi) is 6.88. The minimum atomic E-state index is -3.66. The quantitative estimate of drug-likeness (QED) is 0.690. The zero-order chi connectivity index (χ0) is 21.9. The molecule has 160 valence electrons. The third kappa shape index (κ3) is 5.43. The van der Waals surface area contributed by atoms with Gasteiger partial charge in [0.25, 0.3) is 0 Å². The van der Waals surface area contributed by atoms with E-state index in [-0.39, 0.29) is 34.8 Å². The van der Waals surface area contributed by atoms with Gasteiger partial charge in [0.05, 0.1) is 16.3 Å². The Bertz CT molecular complexity index is 1050. The maximum atomic E-state index is 12.7. The predicted molar refractivity (Wildman–Crippen MR) is 121 cm³/mol. The third-order valence-corrected chi connectivity index (χ3v) is 8.01. The van der Waals surface area contributed by atoms with Crippen molar-refractivity contribution in [3.05, 3.63) is 48.0 Å². The van der Waals surface area contributed by atoms with Gasteiger partial charge in [-0.05, 0) is 41.8 Å². The number of fused-ring (bicyclic) bond motifs is 1. The van der Waals surface area contributed by atoms with Gasteiger partial charge in [0.15, 0.2) is 9.84 Å². The van der Waals surface area contributed by atoms with Gasteiger partial charge in [0.1, 0.15) is 0 Å². The molecule has 1 aliphatic rings. The standard InChI is InChI=1S/C22H26N2O4S2/c1-14(2)16-4-6-17(7-5-16)23-21(25)10-11-30(27,28)18-8-9-20-19(12-18)24-22(26)15(3)13-29-20/h4-9,12,14-15H,10-11,13H2,1-3H3,(H,23,25)(H,24,26)/t15-/m1/s1. The van der Waals surface area contributed by atoms with Gasteiger partial charge in [-0.2, -0.15) is 0 Å². The minimum absolute atomic E-state index is 0.103. The van der Waals surface area contributed by atoms with Crippen molar-refractivity contribution in [3.8, 4) is 0 Å². The maximum absolute atomic E-state index is 12.7. The topological polar surface area (TPSA) is 92.3 Å². The van der Waals surface area contributed by atoms with Crippen LogP contribution in [0.3, 0.4) is 0 Å². The van der Waals surface area contributed by atoms with E-state index in [1.54, 1.807) is 6.07 Å². The lowest BCUT2D eigenvalue weighted by molar-refractivity contribution is -0.118. The van der Waals surface area contributed by atoms with E-state index in [1.807, 2.05) is 31.2 Å². The lowest BCUT2D eigenvalue weighted by Crippen LogP contribution is -2.20. The first-order chi connectivity index (χ1) is 14.2. The molecular formula is C22H26N2O4S2. The second-order valence-electron chi connectivity index (χ2n) is 7.75. The predicted octanol–water partition coefficient (Wildman–Crippen LogP) is 4.29. The fourth-order valence-corrected chi connectivity index (χ4v) is 5.27. The van der Waals surface area contributed by atoms with Crippen LogP contribution >= 0.6 is 11.8 Å². The highest BCUT2D eigenvalue weighted by Gasteiger charge is 2.23. The number of nitrogens with one attached hydrogen (secondary N) is 2. The zero-order valence-corrected chi connectivity index (χ0v) is 18.9. The van der Waals surface area contributed by atoms with E-state index in [0.29, 0.717) is 23.0 Å². The zero-order valence-electron chi connectivity index (χ0n) is 17.3. The molecule has 6 nitrogen and oxygen atoms in total. The molecule has 2 aromatic carbocycles. The Morgan fingerprint density at radius 1 is 1.20 bits per heavy atom. The molecule has 2 amide bonds. The summed E-state index contributed by atoms with van der Waals surface area (Å²) in [5.74, 6) is 0.0950. The van der Waals surface area contributed by atoms with E-state index < -0.39 is 9.84 Å². The van der Waals surface area contributed by atoms with E-state index in [1.165, 1.54) is 29.5 Å². The Morgan fingerprint density at radius 2 is 1.90 bits per heavy atom. The molecule has 1 heterocycles. The van der Waals surface area contributed by atoms with Gasteiger partial charge in [-0.15, -0.1) is 11.8 Å². The summed E-state index contributed by atoms with van der Waals surface area (Å²) >= 11 is 1.52. The van der Waals surface area contributed by atoms with Crippen LogP contribution in [0.5, 0.6) is 0 Å². The molecule has 30 heavy (non-hydrogen) atoms. The fourth-order valence-electron chi connectivity index (χ4n) is 2.99. The van der Waals surface area contributed by atoms with Crippen LogP contribution in [0.15, 0.2) is 52.3 Å². The SMILES string of the molecule is CC(C)c1ccc(NC(=O)CCS(=O)(=O)c2ccc3c(c2)NC(=O)[C@H](C)CS3)cc1. The molecule has 2 N–H and O–H groups in total. The number of hydrogen-bond donors (Lipinski definition) is 2. The normalized spacial score (nSPS) is 16.5. The Labute approximate surface area is 181 Å². The van der Waals surface area contributed by atoms with E-state index in [0.717, 1.165) is 4.90 Å². The summed E-state index contributed by atoms with van der Waals surface area (Å²) in [5, 5.41) is 5.53. The van der Waals surface area contributed by atoms with Crippen molar-refractivity contribution >= 4 is 44.8 Å². The average Bonchev–Trinajstić information content (AvgIpc) is 2.85. The molecule has 0 aliphatic carbocycles. The summed E-state index contributed by atoms with van der Waals surface area (Å²) in [6.45, 7) is 6.01. The van der Waals surface area contributed by atoms with E-state index in [9.17, 15) is 18.0 Å². The summed E-state index contributed by atoms with van der Waals surface area (Å²) < 4.78 is 25.5. The van der Waals surface area contributed by atoms with E-state index in [4.69, 9.17) is 0 Å². The lowest BCUT2D eigenvalue weighted by Gasteiger charge is -2.11. The van der Waals surface area contributed by atoms with Crippen molar-refractivity contribution in [2.45, 2.75) is 42.9 Å². The average molecular weight is 447 g/mol. The molecular weight excluding hydrogens is 420 g/mol. The van der Waals surface area contributed by atoms with Gasteiger partial charge in [-0.3, -0.25) is 9.59 Å². The minimum Gasteiger partial charge on any atom is -0.326 e. The van der Waals surface area contributed by atoms with E-state index in [2.05, 4.69) is 24.5 Å². The smallest absolute Gasteiger partial charge is 0.228 e. The van der Waals surface area contributed by atoms with Crippen molar-refractivity contribution in [1.82, 2.24) is 0 Å². The number of rotatable bonds is 6. The fraction of sp³-hybridized carbons (Fsp3) is 0.364. The van der Waals surface area contributed by atoms with Gasteiger partial charge in [0.2, 0.25) is 11.8 Å². The molecule has 8 heteroatoms. The van der Waals surface area contributed by atoms with Crippen LogP contribution in [0.25, 0.3) is 0 Å². The largest absolute Gasteiger partial charge is 0.326 e. The van der Waals surface area contributed by atoms with Crippen LogP contribution in [0.1, 0.15) is 38.7 Å². The van der Waals surface area contributed by atoms with Gasteiger partial charge in [0, 0.05) is 28.7 Å². The molecule has 0 unspecified atom stereocenters. The first-order valence-electron chi connectivity index (χ1n) is 9.86. The van der Waals surface area contributed by atoms with Crippen LogP contribution in [0, 0.1) is 5.92 Å². The summed E-state index contributed by atoms with van der Waals surface area (Å²) in [7, 11) is -3.66. The van der Waals surface area contributed by atoms with Crippen LogP contribution < -0.4 is 10.6 Å². The second-order valence-corrected chi connectivity index (χ2v) is 10.9. The van der Waals surface area contributed by atoms with Crippen molar-refractivity contribution in [1.29, 1.82) is 0 Å². The Hall–Kier alpha value is -2.32. The van der Waals surface area contributed by atoms with Gasteiger partial charge >= 0.3 is 0 Å². The highest BCUT2D eigenvalue weighted by molar-refractivity contribution is 7.99. The van der Waals surface area contributed by atoms with Gasteiger partial charge < -0.3 is 10.6 Å². The van der Waals surface area contributed by atoms with Crippen molar-refractivity contribution < 1.29 is 18.0 Å². The van der Waals surface area contributed by atoms with Crippen LogP contribution in [0.2, 0.25) is 0 Å². The molecule has 0 bridgehead atoms. The molecule has 0 aromatic heterocycles. The number of hydrogen-bond acceptors (Lipinski definition) is 5. The number of benzene rings is 2. The van der Waals surface area contributed by atoms with Gasteiger partial charge in [-0.1, -0.05) is 32.9 Å². The third-order valence-electron chi connectivity index (χ3n) is 4.96. The van der Waals surface area contributed by atoms with E-state index >= 15 is 0 Å². The summed E-state index contributed by atoms with van der Waals surface area (Å²) in [4.78, 5) is 25.2. The first-order valence-corrected chi connectivity index (χ1v) is 12.5. The summed E-state index contributed by atoms with van der Waals surface area (Å²) in [5.41, 5.74) is 2.31. The highest BCUT2D eigenvalue weighted by Crippen LogP contribution is 2.34. The summed E-state index contributed by atoms with van der Waals surface area (Å²) in [6.07, 6.45) is -0.149. The molecule has 1 atom stereocenters. The maximum Gasteiger partial charge on any atom is 0.228 e. The van der Waals surface area contributed by atoms with Crippen molar-refractivity contribution in [3.63, 3.8) is 0 Å².